The second kappa shape index (κ2) is 12.1. The fourth-order valence-corrected chi connectivity index (χ4v) is 6.05. The SMILES string of the molecule is CCOc1cc(C(=O)N2C3CCC2COC3)ccc1C(=O)NCCC1Cc2ccccc2CN1C(=O)OC(C)(C)C. The highest BCUT2D eigenvalue weighted by molar-refractivity contribution is 6.00. The van der Waals surface area contributed by atoms with Gasteiger partial charge >= 0.3 is 6.09 Å². The van der Waals surface area contributed by atoms with Crippen molar-refractivity contribution in [2.24, 2.45) is 0 Å². The molecule has 2 fully saturated rings. The van der Waals surface area contributed by atoms with Crippen LogP contribution < -0.4 is 10.1 Å². The second-order valence-electron chi connectivity index (χ2n) is 12.1. The van der Waals surface area contributed by atoms with Gasteiger partial charge in [0.1, 0.15) is 11.4 Å². The number of nitrogens with zero attached hydrogens (tertiary/aromatic N) is 2. The van der Waals surface area contributed by atoms with Crippen molar-refractivity contribution >= 4 is 17.9 Å². The summed E-state index contributed by atoms with van der Waals surface area (Å²) in [7, 11) is 0. The smallest absolute Gasteiger partial charge is 0.410 e. The van der Waals surface area contributed by atoms with E-state index in [1.54, 1.807) is 23.1 Å². The number of hydrogen-bond donors (Lipinski definition) is 1. The number of fused-ring (bicyclic) bond motifs is 3. The van der Waals surface area contributed by atoms with Crippen molar-refractivity contribution in [2.75, 3.05) is 26.4 Å². The van der Waals surface area contributed by atoms with Crippen molar-refractivity contribution < 1.29 is 28.6 Å². The van der Waals surface area contributed by atoms with Gasteiger partial charge in [-0.1, -0.05) is 24.3 Å². The monoisotopic (exact) mass is 563 g/mol. The molecule has 2 saturated heterocycles. The second-order valence-corrected chi connectivity index (χ2v) is 12.1. The van der Waals surface area contributed by atoms with E-state index < -0.39 is 5.60 Å². The van der Waals surface area contributed by atoms with E-state index in [-0.39, 0.29) is 36.0 Å². The number of carbonyl (C=O) groups is 3. The van der Waals surface area contributed by atoms with Crippen LogP contribution in [0.5, 0.6) is 5.75 Å². The summed E-state index contributed by atoms with van der Waals surface area (Å²) in [5, 5.41) is 3.00. The van der Waals surface area contributed by atoms with Gasteiger partial charge in [-0.05, 0) is 82.7 Å². The number of rotatable bonds is 7. The predicted molar refractivity (Wildman–Crippen MR) is 154 cm³/mol. The highest BCUT2D eigenvalue weighted by Gasteiger charge is 2.41. The van der Waals surface area contributed by atoms with Gasteiger partial charge in [-0.25, -0.2) is 4.79 Å². The zero-order chi connectivity index (χ0) is 29.1. The van der Waals surface area contributed by atoms with Crippen LogP contribution in [0.4, 0.5) is 4.79 Å². The Hall–Kier alpha value is -3.59. The van der Waals surface area contributed by atoms with Crippen LogP contribution in [-0.4, -0.2) is 77.8 Å². The minimum Gasteiger partial charge on any atom is -0.493 e. The summed E-state index contributed by atoms with van der Waals surface area (Å²) in [5.74, 6) is 0.0610. The number of amides is 3. The lowest BCUT2D eigenvalue weighted by Gasteiger charge is -2.38. The van der Waals surface area contributed by atoms with Crippen LogP contribution in [0.2, 0.25) is 0 Å². The molecule has 1 N–H and O–H groups in total. The lowest BCUT2D eigenvalue weighted by atomic mass is 9.92. The Morgan fingerprint density at radius 3 is 2.41 bits per heavy atom. The van der Waals surface area contributed by atoms with Gasteiger partial charge in [0.05, 0.1) is 37.5 Å². The fraction of sp³-hybridized carbons (Fsp3) is 0.531. The topological polar surface area (TPSA) is 97.4 Å². The molecule has 3 aliphatic rings. The van der Waals surface area contributed by atoms with Crippen LogP contribution in [0, 0.1) is 0 Å². The van der Waals surface area contributed by atoms with E-state index in [9.17, 15) is 14.4 Å². The van der Waals surface area contributed by atoms with Crippen molar-refractivity contribution in [2.45, 2.75) is 83.6 Å². The molecule has 0 radical (unpaired) electrons. The maximum atomic E-state index is 13.4. The van der Waals surface area contributed by atoms with Gasteiger partial charge in [0.2, 0.25) is 0 Å². The summed E-state index contributed by atoms with van der Waals surface area (Å²) < 4.78 is 17.1. The molecule has 9 heteroatoms. The highest BCUT2D eigenvalue weighted by Crippen LogP contribution is 2.32. The number of nitrogens with one attached hydrogen (secondary N) is 1. The standard InChI is InChI=1S/C32H41N3O6/c1-5-40-28-17-22(30(37)35-25-11-12-26(35)20-39-19-25)10-13-27(28)29(36)33-15-14-24-16-21-8-6-7-9-23(21)18-34(24)31(38)41-32(2,3)4/h6-10,13,17,24-26H,5,11-12,14-16,18-20H2,1-4H3,(H,33,36). The summed E-state index contributed by atoms with van der Waals surface area (Å²) in [5.41, 5.74) is 2.61. The largest absolute Gasteiger partial charge is 0.493 e. The third-order valence-electron chi connectivity index (χ3n) is 7.99. The Bertz CT molecular complexity index is 1270. The molecule has 3 heterocycles. The van der Waals surface area contributed by atoms with Gasteiger partial charge in [0, 0.05) is 24.7 Å². The average molecular weight is 564 g/mol. The van der Waals surface area contributed by atoms with Crippen LogP contribution >= 0.6 is 0 Å². The number of ether oxygens (including phenoxy) is 3. The Morgan fingerprint density at radius 1 is 1.02 bits per heavy atom. The van der Waals surface area contributed by atoms with E-state index in [4.69, 9.17) is 14.2 Å². The maximum absolute atomic E-state index is 13.4. The molecule has 2 aromatic carbocycles. The Morgan fingerprint density at radius 2 is 1.73 bits per heavy atom. The first-order valence-corrected chi connectivity index (χ1v) is 14.7. The zero-order valence-corrected chi connectivity index (χ0v) is 24.5. The van der Waals surface area contributed by atoms with Crippen molar-refractivity contribution in [3.8, 4) is 5.75 Å². The Balaban J connectivity index is 1.26. The predicted octanol–water partition coefficient (Wildman–Crippen LogP) is 4.57. The highest BCUT2D eigenvalue weighted by atomic mass is 16.6. The van der Waals surface area contributed by atoms with E-state index >= 15 is 0 Å². The Kier molecular flexibility index (Phi) is 8.54. The molecule has 41 heavy (non-hydrogen) atoms. The minimum absolute atomic E-state index is 0.0477. The van der Waals surface area contributed by atoms with Crippen molar-refractivity contribution in [1.29, 1.82) is 0 Å². The van der Waals surface area contributed by atoms with E-state index in [2.05, 4.69) is 11.4 Å². The normalized spacial score (nSPS) is 21.7. The van der Waals surface area contributed by atoms with Crippen molar-refractivity contribution in [3.05, 3.63) is 64.7 Å². The van der Waals surface area contributed by atoms with E-state index in [0.717, 1.165) is 18.4 Å². The average Bonchev–Trinajstić information content (AvgIpc) is 3.18. The molecule has 3 atom stereocenters. The molecule has 3 unspecified atom stereocenters. The summed E-state index contributed by atoms with van der Waals surface area (Å²) >= 11 is 0. The number of benzene rings is 2. The van der Waals surface area contributed by atoms with Crippen molar-refractivity contribution in [3.63, 3.8) is 0 Å². The summed E-state index contributed by atoms with van der Waals surface area (Å²) in [6.45, 7) is 9.77. The molecule has 0 aromatic heterocycles. The lowest BCUT2D eigenvalue weighted by molar-refractivity contribution is -0.00718. The minimum atomic E-state index is -0.600. The van der Waals surface area contributed by atoms with Gasteiger partial charge in [0.15, 0.2) is 0 Å². The first kappa shape index (κ1) is 28.9. The number of morpholine rings is 1. The summed E-state index contributed by atoms with van der Waals surface area (Å²) in [4.78, 5) is 43.4. The molecule has 0 aliphatic carbocycles. The third kappa shape index (κ3) is 6.50. The van der Waals surface area contributed by atoms with Crippen LogP contribution in [0.3, 0.4) is 0 Å². The van der Waals surface area contributed by atoms with Crippen molar-refractivity contribution in [1.82, 2.24) is 15.1 Å². The number of carbonyl (C=O) groups excluding carboxylic acids is 3. The molecule has 3 amide bonds. The van der Waals surface area contributed by atoms with Crippen LogP contribution in [-0.2, 0) is 22.4 Å². The first-order valence-electron chi connectivity index (χ1n) is 14.7. The lowest BCUT2D eigenvalue weighted by Crippen LogP contribution is -2.49. The fourth-order valence-electron chi connectivity index (χ4n) is 6.05. The quantitative estimate of drug-likeness (QED) is 0.530. The van der Waals surface area contributed by atoms with Crippen LogP contribution in [0.1, 0.15) is 78.8 Å². The van der Waals surface area contributed by atoms with Gasteiger partial charge in [-0.2, -0.15) is 0 Å². The van der Waals surface area contributed by atoms with E-state index in [1.807, 2.05) is 50.8 Å². The molecule has 5 rings (SSSR count). The van der Waals surface area contributed by atoms with Crippen LogP contribution in [0.25, 0.3) is 0 Å². The molecule has 220 valence electrons. The maximum Gasteiger partial charge on any atom is 0.410 e. The first-order chi connectivity index (χ1) is 19.6. The summed E-state index contributed by atoms with van der Waals surface area (Å²) in [6.07, 6.45) is 2.81. The molecule has 2 aromatic rings. The molecule has 9 nitrogen and oxygen atoms in total. The zero-order valence-electron chi connectivity index (χ0n) is 24.5. The van der Waals surface area contributed by atoms with Crippen LogP contribution in [0.15, 0.2) is 42.5 Å². The molecule has 0 spiro atoms. The number of hydrogen-bond acceptors (Lipinski definition) is 6. The van der Waals surface area contributed by atoms with Gasteiger partial charge < -0.3 is 29.3 Å². The molecule has 0 saturated carbocycles. The van der Waals surface area contributed by atoms with Gasteiger partial charge in [0.25, 0.3) is 11.8 Å². The third-order valence-corrected chi connectivity index (χ3v) is 7.99. The molecule has 2 bridgehead atoms. The summed E-state index contributed by atoms with van der Waals surface area (Å²) in [6, 6.07) is 13.3. The van der Waals surface area contributed by atoms with E-state index in [1.165, 1.54) is 5.56 Å². The molecular weight excluding hydrogens is 522 g/mol. The molecular formula is C32H41N3O6. The molecule has 3 aliphatic heterocycles. The Labute approximate surface area is 242 Å². The van der Waals surface area contributed by atoms with Gasteiger partial charge in [-0.15, -0.1) is 0 Å². The van der Waals surface area contributed by atoms with Gasteiger partial charge in [-0.3, -0.25) is 9.59 Å². The van der Waals surface area contributed by atoms with E-state index in [0.29, 0.717) is 62.6 Å².